The van der Waals surface area contributed by atoms with E-state index in [0.717, 1.165) is 55.3 Å². The molecule has 0 radical (unpaired) electrons. The summed E-state index contributed by atoms with van der Waals surface area (Å²) in [6.45, 7) is 0. The lowest BCUT2D eigenvalue weighted by atomic mass is 9.83. The fraction of sp³-hybridized carbons (Fsp3) is 0.0435. The number of hydrogen-bond donors (Lipinski definition) is 0. The van der Waals surface area contributed by atoms with Crippen molar-refractivity contribution < 1.29 is 4.74 Å². The zero-order chi connectivity index (χ0) is 35.8. The molecule has 7 nitrogen and oxygen atoms in total. The SMILES string of the molecule is N#Cc1cc(-n2c3ccccc3c3ccccc32)c(C#N)cc1-c1ccc(C#N)c(-n2c3c(c4ccccc42)C2c4ccccc4O[C@@H]2C=C3)c1C#N. The summed E-state index contributed by atoms with van der Waals surface area (Å²) < 4.78 is 10.4. The molecule has 7 heteroatoms. The average Bonchev–Trinajstić information content (AvgIpc) is 3.87. The Labute approximate surface area is 303 Å². The van der Waals surface area contributed by atoms with Gasteiger partial charge >= 0.3 is 0 Å². The summed E-state index contributed by atoms with van der Waals surface area (Å²) in [6, 6.07) is 48.4. The molecular weight excluding hydrogens is 653 g/mol. The van der Waals surface area contributed by atoms with E-state index in [1.54, 1.807) is 24.3 Å². The zero-order valence-electron chi connectivity index (χ0n) is 27.9. The first-order chi connectivity index (χ1) is 26.1. The summed E-state index contributed by atoms with van der Waals surface area (Å²) in [5, 5.41) is 45.9. The van der Waals surface area contributed by atoms with Crippen LogP contribution in [-0.2, 0) is 0 Å². The van der Waals surface area contributed by atoms with Gasteiger partial charge in [0.15, 0.2) is 0 Å². The summed E-state index contributed by atoms with van der Waals surface area (Å²) in [5.74, 6) is 0.768. The molecule has 0 N–H and O–H groups in total. The Kier molecular flexibility index (Phi) is 6.43. The standard InChI is InChI=1S/C46H24N6O/c47-23-27-17-18-30(35-21-29(25-49)41(22-28(35)24-48)51-37-13-5-1-9-31(37)32-10-2-6-14-38(32)51)36(26-50)46(27)52-39-15-7-3-11-33(39)44-40(52)19-20-43-45(44)34-12-4-8-16-42(34)53-43/h1-22,43,45H/t43-,45?/m1/s1. The van der Waals surface area contributed by atoms with Gasteiger partial charge in [-0.15, -0.1) is 0 Å². The quantitative estimate of drug-likeness (QED) is 0.185. The van der Waals surface area contributed by atoms with Crippen LogP contribution in [0.25, 0.3) is 61.3 Å². The van der Waals surface area contributed by atoms with Gasteiger partial charge in [0.05, 0.1) is 67.9 Å². The van der Waals surface area contributed by atoms with E-state index >= 15 is 0 Å². The van der Waals surface area contributed by atoms with Crippen LogP contribution < -0.4 is 4.74 Å². The van der Waals surface area contributed by atoms with Crippen molar-refractivity contribution in [1.29, 1.82) is 21.0 Å². The van der Waals surface area contributed by atoms with Gasteiger partial charge in [0.2, 0.25) is 0 Å². The highest BCUT2D eigenvalue weighted by Crippen LogP contribution is 2.50. The maximum absolute atomic E-state index is 11.0. The van der Waals surface area contributed by atoms with Crippen LogP contribution >= 0.6 is 0 Å². The van der Waals surface area contributed by atoms with E-state index in [0.29, 0.717) is 39.2 Å². The van der Waals surface area contributed by atoms with Crippen LogP contribution in [0.2, 0.25) is 0 Å². The van der Waals surface area contributed by atoms with Gasteiger partial charge in [0.1, 0.15) is 30.1 Å². The highest BCUT2D eigenvalue weighted by atomic mass is 16.5. The number of nitriles is 4. The first-order valence-electron chi connectivity index (χ1n) is 17.2. The van der Waals surface area contributed by atoms with E-state index in [9.17, 15) is 21.0 Å². The van der Waals surface area contributed by atoms with Gasteiger partial charge < -0.3 is 13.9 Å². The third-order valence-corrected chi connectivity index (χ3v) is 10.7. The molecule has 0 fully saturated rings. The molecule has 2 aliphatic rings. The lowest BCUT2D eigenvalue weighted by molar-refractivity contribution is 0.267. The van der Waals surface area contributed by atoms with Gasteiger partial charge in [0.25, 0.3) is 0 Å². The number of hydrogen-bond acceptors (Lipinski definition) is 5. The molecule has 2 atom stereocenters. The van der Waals surface area contributed by atoms with Crippen molar-refractivity contribution in [2.45, 2.75) is 12.0 Å². The molecule has 6 aromatic carbocycles. The number of nitrogens with zero attached hydrogens (tertiary/aromatic N) is 6. The molecule has 10 rings (SSSR count). The Bertz CT molecular complexity index is 3060. The maximum Gasteiger partial charge on any atom is 0.128 e. The molecule has 0 saturated carbocycles. The van der Waals surface area contributed by atoms with Crippen LogP contribution in [0, 0.1) is 45.3 Å². The Morgan fingerprint density at radius 2 is 1.17 bits per heavy atom. The van der Waals surface area contributed by atoms with Crippen molar-refractivity contribution in [3.8, 4) is 52.5 Å². The first-order valence-corrected chi connectivity index (χ1v) is 17.2. The molecule has 0 amide bonds. The third-order valence-electron chi connectivity index (χ3n) is 10.7. The van der Waals surface area contributed by atoms with Crippen molar-refractivity contribution in [3.05, 3.63) is 166 Å². The van der Waals surface area contributed by atoms with E-state index in [-0.39, 0.29) is 17.6 Å². The third kappa shape index (κ3) is 4.11. The Balaban J connectivity index is 1.24. The molecule has 244 valence electrons. The predicted molar refractivity (Wildman–Crippen MR) is 204 cm³/mol. The van der Waals surface area contributed by atoms with Crippen molar-refractivity contribution in [1.82, 2.24) is 9.13 Å². The molecule has 53 heavy (non-hydrogen) atoms. The lowest BCUT2D eigenvalue weighted by Crippen LogP contribution is -2.21. The minimum Gasteiger partial charge on any atom is -0.485 e. The number of aromatic nitrogens is 2. The Hall–Kier alpha value is -7.84. The second-order valence-corrected chi connectivity index (χ2v) is 13.2. The smallest absolute Gasteiger partial charge is 0.128 e. The minimum absolute atomic E-state index is 0.0756. The van der Waals surface area contributed by atoms with Crippen LogP contribution in [0.3, 0.4) is 0 Å². The zero-order valence-corrected chi connectivity index (χ0v) is 27.9. The summed E-state index contributed by atoms with van der Waals surface area (Å²) in [6.07, 6.45) is 3.88. The van der Waals surface area contributed by atoms with Crippen LogP contribution in [0.15, 0.2) is 127 Å². The molecule has 1 unspecified atom stereocenters. The molecule has 0 bridgehead atoms. The molecule has 0 spiro atoms. The van der Waals surface area contributed by atoms with Crippen LogP contribution in [0.4, 0.5) is 0 Å². The molecule has 0 saturated heterocycles. The number of rotatable bonds is 3. The van der Waals surface area contributed by atoms with Gasteiger partial charge in [0, 0.05) is 32.8 Å². The first kappa shape index (κ1) is 30.0. The monoisotopic (exact) mass is 676 g/mol. The van der Waals surface area contributed by atoms with Crippen molar-refractivity contribution in [2.75, 3.05) is 0 Å². The topological polar surface area (TPSA) is 114 Å². The summed E-state index contributed by atoms with van der Waals surface area (Å²) >= 11 is 0. The molecule has 1 aliphatic carbocycles. The Morgan fingerprint density at radius 1 is 0.547 bits per heavy atom. The highest BCUT2D eigenvalue weighted by Gasteiger charge is 2.40. The van der Waals surface area contributed by atoms with Crippen LogP contribution in [0.5, 0.6) is 5.75 Å². The van der Waals surface area contributed by atoms with Gasteiger partial charge in [-0.25, -0.2) is 0 Å². The second-order valence-electron chi connectivity index (χ2n) is 13.2. The highest BCUT2D eigenvalue weighted by molar-refractivity contribution is 6.09. The van der Waals surface area contributed by atoms with Gasteiger partial charge in [-0.1, -0.05) is 78.9 Å². The number of fused-ring (bicyclic) bond motifs is 10. The molecular formula is C46H24N6O. The molecule has 3 heterocycles. The largest absolute Gasteiger partial charge is 0.485 e. The summed E-state index contributed by atoms with van der Waals surface area (Å²) in [5.41, 5.74) is 8.77. The van der Waals surface area contributed by atoms with E-state index < -0.39 is 0 Å². The lowest BCUT2D eigenvalue weighted by Gasteiger charge is -2.23. The van der Waals surface area contributed by atoms with Crippen molar-refractivity contribution in [2.24, 2.45) is 0 Å². The van der Waals surface area contributed by atoms with Gasteiger partial charge in [-0.2, -0.15) is 21.0 Å². The molecule has 1 aliphatic heterocycles. The minimum atomic E-state index is -0.188. The summed E-state index contributed by atoms with van der Waals surface area (Å²) in [7, 11) is 0. The predicted octanol–water partition coefficient (Wildman–Crippen LogP) is 9.80. The van der Waals surface area contributed by atoms with E-state index in [2.05, 4.69) is 48.5 Å². The fourth-order valence-electron chi connectivity index (χ4n) is 8.52. The Morgan fingerprint density at radius 3 is 1.85 bits per heavy atom. The van der Waals surface area contributed by atoms with Crippen LogP contribution in [-0.4, -0.2) is 15.2 Å². The number of ether oxygens (including phenoxy) is 1. The molecule has 8 aromatic rings. The van der Waals surface area contributed by atoms with E-state index in [4.69, 9.17) is 4.74 Å². The fourth-order valence-corrected chi connectivity index (χ4v) is 8.52. The average molecular weight is 677 g/mol. The number of para-hydroxylation sites is 4. The normalized spacial score (nSPS) is 15.2. The summed E-state index contributed by atoms with van der Waals surface area (Å²) in [4.78, 5) is 0. The maximum atomic E-state index is 11.0. The molecule has 2 aromatic heterocycles. The van der Waals surface area contributed by atoms with Gasteiger partial charge in [-0.05, 0) is 60.2 Å². The van der Waals surface area contributed by atoms with Crippen molar-refractivity contribution in [3.63, 3.8) is 0 Å². The van der Waals surface area contributed by atoms with E-state index in [1.807, 2.05) is 94.1 Å². The van der Waals surface area contributed by atoms with Crippen molar-refractivity contribution >= 4 is 38.8 Å². The van der Waals surface area contributed by atoms with Gasteiger partial charge in [-0.3, -0.25) is 0 Å². The van der Waals surface area contributed by atoms with Crippen LogP contribution in [0.1, 0.15) is 45.0 Å². The van der Waals surface area contributed by atoms with E-state index in [1.165, 1.54) is 0 Å². The second kappa shape index (κ2) is 11.3. The number of benzene rings is 6.